The van der Waals surface area contributed by atoms with Gasteiger partial charge >= 0.3 is 6.18 Å². The van der Waals surface area contributed by atoms with Crippen molar-refractivity contribution in [3.05, 3.63) is 0 Å². The van der Waals surface area contributed by atoms with Gasteiger partial charge in [0, 0.05) is 0 Å². The Hall–Kier alpha value is -0.210. The van der Waals surface area contributed by atoms with E-state index in [2.05, 4.69) is 13.8 Å². The third-order valence-corrected chi connectivity index (χ3v) is 7.87. The van der Waals surface area contributed by atoms with E-state index in [1.807, 2.05) is 0 Å². The molecular formula is C24H43F3. The van der Waals surface area contributed by atoms with Crippen molar-refractivity contribution in [3.8, 4) is 0 Å². The number of alkyl halides is 3. The topological polar surface area (TPSA) is 0 Å². The number of hydrogen-bond donors (Lipinski definition) is 0. The number of halogens is 3. The van der Waals surface area contributed by atoms with Crippen molar-refractivity contribution in [2.24, 2.45) is 23.2 Å². The van der Waals surface area contributed by atoms with Crippen molar-refractivity contribution in [2.45, 2.75) is 129 Å². The summed E-state index contributed by atoms with van der Waals surface area (Å²) in [5.74, 6) is 2.16. The van der Waals surface area contributed by atoms with Gasteiger partial charge in [0.25, 0.3) is 0 Å². The Labute approximate surface area is 166 Å². The van der Waals surface area contributed by atoms with Crippen molar-refractivity contribution >= 4 is 0 Å². The summed E-state index contributed by atoms with van der Waals surface area (Å²) in [5, 5.41) is 0. The average molecular weight is 389 g/mol. The molecule has 0 N–H and O–H groups in total. The zero-order chi connectivity index (χ0) is 19.8. The largest absolute Gasteiger partial charge is 0.394 e. The number of hydrogen-bond acceptors (Lipinski definition) is 0. The summed E-state index contributed by atoms with van der Waals surface area (Å²) in [5.41, 5.74) is -1.37. The summed E-state index contributed by atoms with van der Waals surface area (Å²) < 4.78 is 41.6. The molecule has 0 nitrogen and oxygen atoms in total. The Balaban J connectivity index is 1.78. The van der Waals surface area contributed by atoms with Crippen LogP contribution in [0.25, 0.3) is 0 Å². The molecule has 0 atom stereocenters. The minimum Gasteiger partial charge on any atom is -0.171 e. The van der Waals surface area contributed by atoms with Gasteiger partial charge in [0.15, 0.2) is 0 Å². The highest BCUT2D eigenvalue weighted by Gasteiger charge is 2.55. The monoisotopic (exact) mass is 388 g/mol. The molecular weight excluding hydrogens is 345 g/mol. The summed E-state index contributed by atoms with van der Waals surface area (Å²) >= 11 is 0. The summed E-state index contributed by atoms with van der Waals surface area (Å²) in [6.45, 7) is 4.37. The third-order valence-electron chi connectivity index (χ3n) is 7.87. The fraction of sp³-hybridized carbons (Fsp3) is 1.00. The third kappa shape index (κ3) is 6.67. The standard InChI is InChI=1S/C24H43F3/c1-3-5-7-9-17-23(24(25,26)27)18-15-22(16-19-23)21-13-11-20(12-14-21)10-8-6-4-2/h20-22H,3-19H2,1-2H3/t20?,21?,22-,23+. The van der Waals surface area contributed by atoms with Crippen LogP contribution in [-0.2, 0) is 0 Å². The second kappa shape index (κ2) is 11.1. The van der Waals surface area contributed by atoms with E-state index >= 15 is 0 Å². The minimum absolute atomic E-state index is 0.368. The first-order valence-electron chi connectivity index (χ1n) is 12.0. The van der Waals surface area contributed by atoms with Crippen molar-refractivity contribution in [3.63, 3.8) is 0 Å². The van der Waals surface area contributed by atoms with Crippen molar-refractivity contribution in [2.75, 3.05) is 0 Å². The first-order valence-corrected chi connectivity index (χ1v) is 12.0. The highest BCUT2D eigenvalue weighted by molar-refractivity contribution is 4.93. The van der Waals surface area contributed by atoms with Gasteiger partial charge in [-0.05, 0) is 62.7 Å². The Morgan fingerprint density at radius 3 is 1.81 bits per heavy atom. The van der Waals surface area contributed by atoms with Crippen LogP contribution in [0, 0.1) is 23.2 Å². The molecule has 0 heterocycles. The zero-order valence-corrected chi connectivity index (χ0v) is 17.9. The molecule has 0 aromatic heterocycles. The molecule has 0 unspecified atom stereocenters. The van der Waals surface area contributed by atoms with Crippen LogP contribution in [0.5, 0.6) is 0 Å². The van der Waals surface area contributed by atoms with Gasteiger partial charge in [-0.25, -0.2) is 0 Å². The summed E-state index contributed by atoms with van der Waals surface area (Å²) in [7, 11) is 0. The van der Waals surface area contributed by atoms with Crippen molar-refractivity contribution in [1.29, 1.82) is 0 Å². The predicted molar refractivity (Wildman–Crippen MR) is 109 cm³/mol. The van der Waals surface area contributed by atoms with Gasteiger partial charge in [0.1, 0.15) is 0 Å². The molecule has 0 amide bonds. The Morgan fingerprint density at radius 1 is 0.704 bits per heavy atom. The lowest BCUT2D eigenvalue weighted by atomic mass is 9.62. The summed E-state index contributed by atoms with van der Waals surface area (Å²) in [6, 6.07) is 0. The maximum atomic E-state index is 13.9. The first-order chi connectivity index (χ1) is 12.9. The van der Waals surface area contributed by atoms with Crippen molar-refractivity contribution < 1.29 is 13.2 Å². The Kier molecular flexibility index (Phi) is 9.48. The highest BCUT2D eigenvalue weighted by Crippen LogP contribution is 2.55. The van der Waals surface area contributed by atoms with Gasteiger partial charge in [-0.2, -0.15) is 13.2 Å². The second-order valence-electron chi connectivity index (χ2n) is 9.70. The van der Waals surface area contributed by atoms with Crippen LogP contribution in [0.2, 0.25) is 0 Å². The Bertz CT molecular complexity index is 385. The van der Waals surface area contributed by atoms with E-state index in [0.717, 1.165) is 44.4 Å². The maximum absolute atomic E-state index is 13.9. The van der Waals surface area contributed by atoms with Crippen LogP contribution < -0.4 is 0 Å². The quantitative estimate of drug-likeness (QED) is 0.327. The fourth-order valence-corrected chi connectivity index (χ4v) is 5.86. The summed E-state index contributed by atoms with van der Waals surface area (Å²) in [4.78, 5) is 0. The second-order valence-corrected chi connectivity index (χ2v) is 9.70. The van der Waals surface area contributed by atoms with Crippen molar-refractivity contribution in [1.82, 2.24) is 0 Å². The summed E-state index contributed by atoms with van der Waals surface area (Å²) in [6.07, 6.45) is 13.2. The molecule has 0 aromatic rings. The van der Waals surface area contributed by atoms with Crippen LogP contribution in [0.1, 0.15) is 123 Å². The predicted octanol–water partition coefficient (Wildman–Crippen LogP) is 9.08. The van der Waals surface area contributed by atoms with Gasteiger partial charge < -0.3 is 0 Å². The van der Waals surface area contributed by atoms with Crippen LogP contribution >= 0.6 is 0 Å². The molecule has 2 fully saturated rings. The fourth-order valence-electron chi connectivity index (χ4n) is 5.86. The molecule has 160 valence electrons. The molecule has 0 radical (unpaired) electrons. The lowest BCUT2D eigenvalue weighted by molar-refractivity contribution is -0.241. The smallest absolute Gasteiger partial charge is 0.171 e. The van der Waals surface area contributed by atoms with Crippen LogP contribution in [0.4, 0.5) is 13.2 Å². The molecule has 3 heteroatoms. The molecule has 0 bridgehead atoms. The number of rotatable bonds is 10. The van der Waals surface area contributed by atoms with E-state index in [9.17, 15) is 13.2 Å². The molecule has 2 aliphatic rings. The zero-order valence-electron chi connectivity index (χ0n) is 17.9. The highest BCUT2D eigenvalue weighted by atomic mass is 19.4. The van der Waals surface area contributed by atoms with Gasteiger partial charge in [-0.1, -0.05) is 78.1 Å². The minimum atomic E-state index is -4.01. The van der Waals surface area contributed by atoms with Gasteiger partial charge in [-0.15, -0.1) is 0 Å². The van der Waals surface area contributed by atoms with Gasteiger partial charge in [0.05, 0.1) is 5.41 Å². The SMILES string of the molecule is CCCCCC[C@]1(C(F)(F)F)CC[C@@H](C2CCC(CCCCC)CC2)CC1. The maximum Gasteiger partial charge on any atom is 0.394 e. The first kappa shape index (κ1) is 23.1. The van der Waals surface area contributed by atoms with E-state index in [1.165, 1.54) is 51.4 Å². The van der Waals surface area contributed by atoms with Crippen LogP contribution in [-0.4, -0.2) is 6.18 Å². The molecule has 0 aliphatic heterocycles. The van der Waals surface area contributed by atoms with E-state index in [-0.39, 0.29) is 0 Å². The van der Waals surface area contributed by atoms with Crippen LogP contribution in [0.3, 0.4) is 0 Å². The van der Waals surface area contributed by atoms with E-state index in [1.54, 1.807) is 0 Å². The Morgan fingerprint density at radius 2 is 1.26 bits per heavy atom. The lowest BCUT2D eigenvalue weighted by Crippen LogP contribution is -2.42. The average Bonchev–Trinajstić information content (AvgIpc) is 2.66. The molecule has 0 aromatic carbocycles. The molecule has 0 saturated heterocycles. The normalized spacial score (nSPS) is 32.6. The van der Waals surface area contributed by atoms with E-state index < -0.39 is 11.6 Å². The molecule has 2 rings (SSSR count). The molecule has 0 spiro atoms. The van der Waals surface area contributed by atoms with E-state index in [0.29, 0.717) is 31.1 Å². The molecule has 2 aliphatic carbocycles. The van der Waals surface area contributed by atoms with Crippen LogP contribution in [0.15, 0.2) is 0 Å². The lowest BCUT2D eigenvalue weighted by Gasteiger charge is -2.44. The van der Waals surface area contributed by atoms with Gasteiger partial charge in [0.2, 0.25) is 0 Å². The van der Waals surface area contributed by atoms with Gasteiger partial charge in [-0.3, -0.25) is 0 Å². The molecule has 2 saturated carbocycles. The molecule has 27 heavy (non-hydrogen) atoms. The van der Waals surface area contributed by atoms with E-state index in [4.69, 9.17) is 0 Å². The number of unbranched alkanes of at least 4 members (excludes halogenated alkanes) is 5.